The zero-order chi connectivity index (χ0) is 22.1. The van der Waals surface area contributed by atoms with E-state index in [-0.39, 0.29) is 17.9 Å². The first kappa shape index (κ1) is 22.2. The highest BCUT2D eigenvalue weighted by Gasteiger charge is 2.40. The molecular formula is C19H19F2N3O4S2. The van der Waals surface area contributed by atoms with Crippen molar-refractivity contribution in [1.29, 1.82) is 0 Å². The number of hydrogen-bond donors (Lipinski definition) is 3. The van der Waals surface area contributed by atoms with Gasteiger partial charge in [0, 0.05) is 11.8 Å². The van der Waals surface area contributed by atoms with Crippen molar-refractivity contribution >= 4 is 34.5 Å². The third-order valence-electron chi connectivity index (χ3n) is 4.66. The number of nitrogens with zero attached hydrogens (tertiary/aromatic N) is 1. The van der Waals surface area contributed by atoms with Gasteiger partial charge in [0.25, 0.3) is 21.8 Å². The van der Waals surface area contributed by atoms with Crippen LogP contribution >= 0.6 is 12.6 Å². The molecule has 2 atom stereocenters. The predicted octanol–water partition coefficient (Wildman–Crippen LogP) is 1.80. The summed E-state index contributed by atoms with van der Waals surface area (Å²) in [4.78, 5) is 28.2. The van der Waals surface area contributed by atoms with E-state index in [2.05, 4.69) is 18.1 Å². The SMILES string of the molecule is Cc1ccc(S(=O)(=O)NNC(=O)[C@@H]2C[C@@H](S)CN2C(=O)c2c(F)cccc2F)cc1. The molecule has 2 aromatic carbocycles. The zero-order valence-corrected chi connectivity index (χ0v) is 17.5. The molecule has 3 rings (SSSR count). The van der Waals surface area contributed by atoms with Gasteiger partial charge in [0.15, 0.2) is 0 Å². The second kappa shape index (κ2) is 8.70. The van der Waals surface area contributed by atoms with E-state index in [4.69, 9.17) is 0 Å². The molecule has 0 bridgehead atoms. The first-order valence-corrected chi connectivity index (χ1v) is 10.9. The van der Waals surface area contributed by atoms with Crippen LogP contribution < -0.4 is 10.3 Å². The van der Waals surface area contributed by atoms with Crippen molar-refractivity contribution in [3.8, 4) is 0 Å². The van der Waals surface area contributed by atoms with Gasteiger partial charge in [-0.1, -0.05) is 23.8 Å². The number of thiol groups is 1. The Morgan fingerprint density at radius 1 is 1.10 bits per heavy atom. The summed E-state index contributed by atoms with van der Waals surface area (Å²) in [5.41, 5.74) is 2.15. The van der Waals surface area contributed by atoms with E-state index in [0.717, 1.165) is 28.7 Å². The third kappa shape index (κ3) is 4.63. The Hall–Kier alpha value is -2.50. The molecule has 0 unspecified atom stereocenters. The van der Waals surface area contributed by atoms with Crippen LogP contribution in [0.1, 0.15) is 22.3 Å². The molecule has 1 fully saturated rings. The fraction of sp³-hybridized carbons (Fsp3) is 0.263. The quantitative estimate of drug-likeness (QED) is 0.473. The number of sulfonamides is 1. The first-order valence-electron chi connectivity index (χ1n) is 8.91. The lowest BCUT2D eigenvalue weighted by Gasteiger charge is -2.24. The van der Waals surface area contributed by atoms with Gasteiger partial charge in [-0.05, 0) is 37.6 Å². The number of aryl methyl sites for hydroxylation is 1. The van der Waals surface area contributed by atoms with Crippen LogP contribution in [0, 0.1) is 18.6 Å². The van der Waals surface area contributed by atoms with Crippen LogP contribution in [0.3, 0.4) is 0 Å². The molecule has 0 spiro atoms. The maximum atomic E-state index is 14.0. The molecule has 2 amide bonds. The summed E-state index contributed by atoms with van der Waals surface area (Å²) in [5.74, 6) is -3.96. The minimum atomic E-state index is -4.04. The number of benzene rings is 2. The van der Waals surface area contributed by atoms with Crippen LogP contribution in [0.5, 0.6) is 0 Å². The number of likely N-dealkylation sites (tertiary alicyclic amines) is 1. The first-order chi connectivity index (χ1) is 14.1. The Morgan fingerprint density at radius 2 is 1.70 bits per heavy atom. The molecule has 7 nitrogen and oxygen atoms in total. The lowest BCUT2D eigenvalue weighted by atomic mass is 10.1. The molecule has 2 N–H and O–H groups in total. The van der Waals surface area contributed by atoms with Gasteiger partial charge >= 0.3 is 0 Å². The second-order valence-corrected chi connectivity index (χ2v) is 9.28. The largest absolute Gasteiger partial charge is 0.325 e. The van der Waals surface area contributed by atoms with E-state index in [1.165, 1.54) is 12.1 Å². The summed E-state index contributed by atoms with van der Waals surface area (Å²) in [6.07, 6.45) is 0.0863. The van der Waals surface area contributed by atoms with Crippen molar-refractivity contribution in [3.63, 3.8) is 0 Å². The monoisotopic (exact) mass is 455 g/mol. The maximum absolute atomic E-state index is 14.0. The lowest BCUT2D eigenvalue weighted by molar-refractivity contribution is -0.125. The summed E-state index contributed by atoms with van der Waals surface area (Å²) in [7, 11) is -4.04. The van der Waals surface area contributed by atoms with Gasteiger partial charge in [0.2, 0.25) is 0 Å². The van der Waals surface area contributed by atoms with E-state index in [1.54, 1.807) is 19.1 Å². The van der Waals surface area contributed by atoms with E-state index in [9.17, 15) is 26.8 Å². The number of carbonyl (C=O) groups is 2. The van der Waals surface area contributed by atoms with Crippen molar-refractivity contribution in [2.75, 3.05) is 6.54 Å². The molecule has 2 aromatic rings. The van der Waals surface area contributed by atoms with E-state index >= 15 is 0 Å². The standard InChI is InChI=1S/C19H19F2N3O4S2/c1-11-5-7-13(8-6-11)30(27,28)23-22-18(25)16-9-12(29)10-24(16)19(26)17-14(20)3-2-4-15(17)21/h2-8,12,16,23,29H,9-10H2,1H3,(H,22,25)/t12-,16+/m1/s1. The molecule has 0 aromatic heterocycles. The molecule has 1 aliphatic heterocycles. The molecular weight excluding hydrogens is 436 g/mol. The Kier molecular flexibility index (Phi) is 6.44. The zero-order valence-electron chi connectivity index (χ0n) is 15.8. The highest BCUT2D eigenvalue weighted by Crippen LogP contribution is 2.26. The van der Waals surface area contributed by atoms with Crippen molar-refractivity contribution in [3.05, 3.63) is 65.2 Å². The molecule has 1 saturated heterocycles. The average Bonchev–Trinajstić information content (AvgIpc) is 3.08. The summed E-state index contributed by atoms with van der Waals surface area (Å²) >= 11 is 4.26. The van der Waals surface area contributed by atoms with Crippen molar-refractivity contribution in [2.45, 2.75) is 29.5 Å². The molecule has 0 radical (unpaired) electrons. The van der Waals surface area contributed by atoms with Gasteiger partial charge in [-0.2, -0.15) is 12.6 Å². The Labute approximate surface area is 177 Å². The number of halogens is 2. The van der Waals surface area contributed by atoms with Crippen LogP contribution in [0.2, 0.25) is 0 Å². The summed E-state index contributed by atoms with van der Waals surface area (Å²) in [6, 6.07) is 7.80. The van der Waals surface area contributed by atoms with Gasteiger partial charge in [-0.25, -0.2) is 17.2 Å². The maximum Gasteiger partial charge on any atom is 0.260 e. The second-order valence-electron chi connectivity index (χ2n) is 6.87. The van der Waals surface area contributed by atoms with Crippen molar-refractivity contribution in [2.24, 2.45) is 0 Å². The summed E-state index contributed by atoms with van der Waals surface area (Å²) in [6.45, 7) is 1.77. The summed E-state index contributed by atoms with van der Waals surface area (Å²) < 4.78 is 52.7. The van der Waals surface area contributed by atoms with Crippen molar-refractivity contribution in [1.82, 2.24) is 15.2 Å². The minimum absolute atomic E-state index is 0.0292. The van der Waals surface area contributed by atoms with Gasteiger partial charge in [-0.15, -0.1) is 4.83 Å². The van der Waals surface area contributed by atoms with E-state index in [0.29, 0.717) is 0 Å². The predicted molar refractivity (Wildman–Crippen MR) is 108 cm³/mol. The average molecular weight is 456 g/mol. The summed E-state index contributed by atoms with van der Waals surface area (Å²) in [5, 5.41) is -0.423. The van der Waals surface area contributed by atoms with Gasteiger partial charge in [0.05, 0.1) is 4.90 Å². The fourth-order valence-electron chi connectivity index (χ4n) is 3.11. The van der Waals surface area contributed by atoms with Crippen LogP contribution in [-0.2, 0) is 14.8 Å². The number of hydrogen-bond acceptors (Lipinski definition) is 5. The molecule has 0 saturated carbocycles. The number of nitrogens with one attached hydrogen (secondary N) is 2. The fourth-order valence-corrected chi connectivity index (χ4v) is 4.33. The number of carbonyl (C=O) groups excluding carboxylic acids is 2. The number of amides is 2. The van der Waals surface area contributed by atoms with Crippen LogP contribution in [0.15, 0.2) is 47.4 Å². The van der Waals surface area contributed by atoms with E-state index in [1.807, 2.05) is 4.83 Å². The number of rotatable bonds is 5. The van der Waals surface area contributed by atoms with Crippen LogP contribution in [0.4, 0.5) is 8.78 Å². The number of hydrazine groups is 1. The van der Waals surface area contributed by atoms with Crippen LogP contribution in [-0.4, -0.2) is 43.0 Å². The molecule has 1 heterocycles. The Balaban J connectivity index is 1.75. The third-order valence-corrected chi connectivity index (χ3v) is 6.30. The molecule has 11 heteroatoms. The highest BCUT2D eigenvalue weighted by atomic mass is 32.2. The molecule has 160 valence electrons. The van der Waals surface area contributed by atoms with Crippen LogP contribution in [0.25, 0.3) is 0 Å². The van der Waals surface area contributed by atoms with Gasteiger partial charge in [0.1, 0.15) is 23.2 Å². The molecule has 1 aliphatic rings. The highest BCUT2D eigenvalue weighted by molar-refractivity contribution is 7.89. The Bertz CT molecular complexity index is 1060. The van der Waals surface area contributed by atoms with Crippen molar-refractivity contribution < 1.29 is 26.8 Å². The van der Waals surface area contributed by atoms with E-state index < -0.39 is 50.3 Å². The van der Waals surface area contributed by atoms with Gasteiger partial charge in [-0.3, -0.25) is 15.0 Å². The smallest absolute Gasteiger partial charge is 0.260 e. The molecule has 30 heavy (non-hydrogen) atoms. The minimum Gasteiger partial charge on any atom is -0.325 e. The lowest BCUT2D eigenvalue weighted by Crippen LogP contribution is -2.51. The topological polar surface area (TPSA) is 95.6 Å². The Morgan fingerprint density at radius 3 is 2.30 bits per heavy atom. The van der Waals surface area contributed by atoms with Gasteiger partial charge < -0.3 is 4.90 Å². The normalized spacial score (nSPS) is 19.0. The molecule has 0 aliphatic carbocycles.